The van der Waals surface area contributed by atoms with Crippen molar-refractivity contribution in [2.75, 3.05) is 27.4 Å². The van der Waals surface area contributed by atoms with E-state index in [2.05, 4.69) is 11.9 Å². The quantitative estimate of drug-likeness (QED) is 0.478. The van der Waals surface area contributed by atoms with Gasteiger partial charge in [0.05, 0.1) is 19.7 Å². The minimum Gasteiger partial charge on any atom is -0.506 e. The molecular formula is C18H22N2O6. The number of ether oxygens (including phenoxy) is 2. The second kappa shape index (κ2) is 8.39. The number of hydrogen-bond acceptors (Lipinski definition) is 6. The van der Waals surface area contributed by atoms with Crippen molar-refractivity contribution in [3.63, 3.8) is 0 Å². The second-order valence-corrected chi connectivity index (χ2v) is 5.49. The zero-order valence-electron chi connectivity index (χ0n) is 14.7. The molecule has 0 aliphatic heterocycles. The molecule has 0 saturated carbocycles. The Morgan fingerprint density at radius 1 is 1.31 bits per heavy atom. The van der Waals surface area contributed by atoms with Crippen molar-refractivity contribution in [2.24, 2.45) is 0 Å². The van der Waals surface area contributed by atoms with E-state index in [1.54, 1.807) is 6.07 Å². The molecule has 1 heterocycles. The van der Waals surface area contributed by atoms with E-state index in [0.717, 1.165) is 0 Å². The topological polar surface area (TPSA) is 110 Å². The third-order valence-electron chi connectivity index (χ3n) is 3.90. The van der Waals surface area contributed by atoms with Crippen molar-refractivity contribution in [3.05, 3.63) is 40.7 Å². The zero-order valence-corrected chi connectivity index (χ0v) is 14.7. The average molecular weight is 362 g/mol. The first-order valence-electron chi connectivity index (χ1n) is 8.01. The van der Waals surface area contributed by atoms with Gasteiger partial charge in [-0.3, -0.25) is 9.59 Å². The number of aromatic nitrogens is 1. The van der Waals surface area contributed by atoms with E-state index in [1.807, 2.05) is 0 Å². The largest absolute Gasteiger partial charge is 0.506 e. The Labute approximate surface area is 150 Å². The van der Waals surface area contributed by atoms with Crippen LogP contribution in [0.25, 0.3) is 10.9 Å². The van der Waals surface area contributed by atoms with Crippen LogP contribution in [0.1, 0.15) is 16.8 Å². The summed E-state index contributed by atoms with van der Waals surface area (Å²) >= 11 is 0. The third kappa shape index (κ3) is 3.50. The van der Waals surface area contributed by atoms with Crippen LogP contribution in [0.5, 0.6) is 17.2 Å². The highest BCUT2D eigenvalue weighted by atomic mass is 16.5. The summed E-state index contributed by atoms with van der Waals surface area (Å²) in [5.74, 6) is -0.411. The minimum atomic E-state index is -0.713. The highest BCUT2D eigenvalue weighted by Crippen LogP contribution is 2.36. The number of carbonyl (C=O) groups excluding carboxylic acids is 1. The molecule has 1 aromatic carbocycles. The van der Waals surface area contributed by atoms with Crippen LogP contribution in [0.4, 0.5) is 0 Å². The standard InChI is InChI=1S/C18H22N2O6/c1-4-7-20-12-10-14(26-3)13(25-2)9-11(12)16(22)15(18(20)24)17(23)19-6-5-8-21/h4,9-10,21-22H,1,5-8H2,2-3H3,(H,19,23). The fraction of sp³-hybridized carbons (Fsp3) is 0.333. The van der Waals surface area contributed by atoms with Crippen LogP contribution in [0, 0.1) is 0 Å². The lowest BCUT2D eigenvalue weighted by molar-refractivity contribution is 0.0946. The van der Waals surface area contributed by atoms with E-state index in [4.69, 9.17) is 14.6 Å². The average Bonchev–Trinajstić information content (AvgIpc) is 2.64. The van der Waals surface area contributed by atoms with E-state index in [0.29, 0.717) is 23.4 Å². The summed E-state index contributed by atoms with van der Waals surface area (Å²) in [5, 5.41) is 22.2. The summed E-state index contributed by atoms with van der Waals surface area (Å²) in [6, 6.07) is 3.07. The number of nitrogens with zero attached hydrogens (tertiary/aromatic N) is 1. The Bertz CT molecular complexity index is 888. The molecular weight excluding hydrogens is 340 g/mol. The molecule has 8 heteroatoms. The molecule has 3 N–H and O–H groups in total. The number of nitrogens with one attached hydrogen (secondary N) is 1. The molecule has 0 aliphatic carbocycles. The number of rotatable bonds is 8. The molecule has 8 nitrogen and oxygen atoms in total. The van der Waals surface area contributed by atoms with Gasteiger partial charge in [-0.2, -0.15) is 0 Å². The molecule has 0 atom stereocenters. The number of fused-ring (bicyclic) bond motifs is 1. The number of pyridine rings is 1. The number of aliphatic hydroxyl groups is 1. The fourth-order valence-electron chi connectivity index (χ4n) is 2.65. The van der Waals surface area contributed by atoms with Gasteiger partial charge < -0.3 is 29.6 Å². The fourth-order valence-corrected chi connectivity index (χ4v) is 2.65. The van der Waals surface area contributed by atoms with E-state index in [-0.39, 0.29) is 30.6 Å². The highest BCUT2D eigenvalue weighted by Gasteiger charge is 2.23. The number of allylic oxidation sites excluding steroid dienone is 1. The molecule has 0 saturated heterocycles. The molecule has 0 fully saturated rings. The molecule has 2 rings (SSSR count). The van der Waals surface area contributed by atoms with Crippen LogP contribution < -0.4 is 20.3 Å². The molecule has 0 radical (unpaired) electrons. The lowest BCUT2D eigenvalue weighted by Crippen LogP contribution is -2.34. The molecule has 26 heavy (non-hydrogen) atoms. The Hall–Kier alpha value is -3.00. The normalized spacial score (nSPS) is 10.6. The monoisotopic (exact) mass is 362 g/mol. The van der Waals surface area contributed by atoms with Crippen LogP contribution >= 0.6 is 0 Å². The van der Waals surface area contributed by atoms with Crippen LogP contribution in [-0.2, 0) is 6.54 Å². The number of amides is 1. The van der Waals surface area contributed by atoms with Crippen molar-refractivity contribution in [1.82, 2.24) is 9.88 Å². The molecule has 140 valence electrons. The summed E-state index contributed by atoms with van der Waals surface area (Å²) in [5.41, 5.74) is -0.634. The molecule has 0 spiro atoms. The van der Waals surface area contributed by atoms with Gasteiger partial charge in [0, 0.05) is 31.1 Å². The van der Waals surface area contributed by atoms with Crippen molar-refractivity contribution in [1.29, 1.82) is 0 Å². The number of carbonyl (C=O) groups is 1. The van der Waals surface area contributed by atoms with Crippen molar-refractivity contribution < 1.29 is 24.5 Å². The summed E-state index contributed by atoms with van der Waals surface area (Å²) < 4.78 is 11.8. The first-order valence-corrected chi connectivity index (χ1v) is 8.01. The Balaban J connectivity index is 2.76. The molecule has 0 unspecified atom stereocenters. The van der Waals surface area contributed by atoms with Gasteiger partial charge in [-0.05, 0) is 12.5 Å². The maximum absolute atomic E-state index is 12.8. The first-order chi connectivity index (χ1) is 12.5. The predicted octanol–water partition coefficient (Wildman–Crippen LogP) is 1.02. The maximum Gasteiger partial charge on any atom is 0.268 e. The highest BCUT2D eigenvalue weighted by molar-refractivity contribution is 6.03. The maximum atomic E-state index is 12.8. The van der Waals surface area contributed by atoms with Gasteiger partial charge in [-0.15, -0.1) is 6.58 Å². The molecule has 2 aromatic rings. The molecule has 0 aliphatic rings. The van der Waals surface area contributed by atoms with Gasteiger partial charge in [-0.1, -0.05) is 6.08 Å². The molecule has 0 bridgehead atoms. The van der Waals surface area contributed by atoms with E-state index in [1.165, 1.54) is 30.9 Å². The Morgan fingerprint density at radius 2 is 1.96 bits per heavy atom. The van der Waals surface area contributed by atoms with Crippen LogP contribution in [0.3, 0.4) is 0 Å². The number of aromatic hydroxyl groups is 1. The van der Waals surface area contributed by atoms with Gasteiger partial charge in [-0.25, -0.2) is 0 Å². The van der Waals surface area contributed by atoms with Gasteiger partial charge in [0.25, 0.3) is 11.5 Å². The number of aliphatic hydroxyl groups excluding tert-OH is 1. The van der Waals surface area contributed by atoms with Gasteiger partial charge in [0.15, 0.2) is 11.5 Å². The second-order valence-electron chi connectivity index (χ2n) is 5.49. The third-order valence-corrected chi connectivity index (χ3v) is 3.90. The molecule has 1 amide bonds. The van der Waals surface area contributed by atoms with E-state index < -0.39 is 17.2 Å². The molecule has 1 aromatic heterocycles. The Kier molecular flexibility index (Phi) is 6.24. The smallest absolute Gasteiger partial charge is 0.268 e. The number of methoxy groups -OCH3 is 2. The van der Waals surface area contributed by atoms with E-state index in [9.17, 15) is 14.7 Å². The lowest BCUT2D eigenvalue weighted by atomic mass is 10.1. The first kappa shape index (κ1) is 19.3. The summed E-state index contributed by atoms with van der Waals surface area (Å²) in [4.78, 5) is 25.2. The summed E-state index contributed by atoms with van der Waals surface area (Å²) in [6.45, 7) is 3.86. The summed E-state index contributed by atoms with van der Waals surface area (Å²) in [6.07, 6.45) is 1.86. The number of benzene rings is 1. The van der Waals surface area contributed by atoms with Crippen LogP contribution in [0.15, 0.2) is 29.6 Å². The van der Waals surface area contributed by atoms with Crippen molar-refractivity contribution in [2.45, 2.75) is 13.0 Å². The van der Waals surface area contributed by atoms with Crippen molar-refractivity contribution >= 4 is 16.8 Å². The number of hydrogen-bond donors (Lipinski definition) is 3. The van der Waals surface area contributed by atoms with Crippen LogP contribution in [0.2, 0.25) is 0 Å². The van der Waals surface area contributed by atoms with Gasteiger partial charge in [0.2, 0.25) is 0 Å². The SMILES string of the molecule is C=CCn1c(=O)c(C(=O)NCCCO)c(O)c2cc(OC)c(OC)cc21. The zero-order chi connectivity index (χ0) is 19.3. The lowest BCUT2D eigenvalue weighted by Gasteiger charge is -2.16. The van der Waals surface area contributed by atoms with Gasteiger partial charge >= 0.3 is 0 Å². The predicted molar refractivity (Wildman–Crippen MR) is 97.2 cm³/mol. The van der Waals surface area contributed by atoms with E-state index >= 15 is 0 Å². The van der Waals surface area contributed by atoms with Crippen LogP contribution in [-0.4, -0.2) is 48.1 Å². The van der Waals surface area contributed by atoms with Crippen molar-refractivity contribution in [3.8, 4) is 17.2 Å². The summed E-state index contributed by atoms with van der Waals surface area (Å²) in [7, 11) is 2.91. The van der Waals surface area contributed by atoms with Gasteiger partial charge in [0.1, 0.15) is 11.3 Å². The Morgan fingerprint density at radius 3 is 2.54 bits per heavy atom. The minimum absolute atomic E-state index is 0.0956.